The molecule has 0 aromatic heterocycles. The van der Waals surface area contributed by atoms with Crippen molar-refractivity contribution in [1.82, 2.24) is 10.0 Å². The summed E-state index contributed by atoms with van der Waals surface area (Å²) in [5.74, 6) is -0.246. The molecule has 8 heteroatoms. The Labute approximate surface area is 95.8 Å². The van der Waals surface area contributed by atoms with Gasteiger partial charge in [0.15, 0.2) is 9.84 Å². The van der Waals surface area contributed by atoms with Gasteiger partial charge in [-0.25, -0.2) is 21.6 Å². The van der Waals surface area contributed by atoms with Crippen LogP contribution >= 0.6 is 0 Å². The summed E-state index contributed by atoms with van der Waals surface area (Å²) in [5, 5.41) is 2.29. The Morgan fingerprint density at radius 1 is 1.25 bits per heavy atom. The Kier molecular flexibility index (Phi) is 3.26. The lowest BCUT2D eigenvalue weighted by Crippen LogP contribution is -2.42. The van der Waals surface area contributed by atoms with Crippen LogP contribution in [0.4, 0.5) is 0 Å². The smallest absolute Gasteiger partial charge is 0.215 e. The average molecular weight is 268 g/mol. The molecule has 94 valence electrons. The second-order valence-electron chi connectivity index (χ2n) is 4.38. The number of hydrogen-bond acceptors (Lipinski definition) is 5. The minimum atomic E-state index is -3.48. The molecule has 0 bridgehead atoms. The van der Waals surface area contributed by atoms with Gasteiger partial charge in [0.25, 0.3) is 0 Å². The van der Waals surface area contributed by atoms with E-state index in [0.29, 0.717) is 6.54 Å². The average Bonchev–Trinajstić information content (AvgIpc) is 2.74. The van der Waals surface area contributed by atoms with E-state index in [2.05, 4.69) is 10.0 Å². The van der Waals surface area contributed by atoms with Gasteiger partial charge in [0.2, 0.25) is 10.0 Å². The molecule has 6 nitrogen and oxygen atoms in total. The molecule has 0 aliphatic carbocycles. The monoisotopic (exact) mass is 268 g/mol. The van der Waals surface area contributed by atoms with E-state index < -0.39 is 25.1 Å². The van der Waals surface area contributed by atoms with E-state index in [1.54, 1.807) is 0 Å². The maximum atomic E-state index is 11.9. The highest BCUT2D eigenvalue weighted by Crippen LogP contribution is 2.18. The van der Waals surface area contributed by atoms with Crippen molar-refractivity contribution in [2.75, 3.05) is 24.6 Å². The molecular weight excluding hydrogens is 252 g/mol. The van der Waals surface area contributed by atoms with Crippen LogP contribution in [0.2, 0.25) is 0 Å². The standard InChI is InChI=1S/C8H16N2O4S2/c11-15(12)4-2-8(6-15)16(13,14)10-7-1-3-9-5-7/h7-10H,1-6H2/t7-,8?/m0/s1. The van der Waals surface area contributed by atoms with Gasteiger partial charge >= 0.3 is 0 Å². The molecule has 2 atom stereocenters. The normalized spacial score (nSPS) is 34.2. The van der Waals surface area contributed by atoms with Crippen LogP contribution < -0.4 is 10.0 Å². The molecular formula is C8H16N2O4S2. The van der Waals surface area contributed by atoms with Crippen molar-refractivity contribution in [3.05, 3.63) is 0 Å². The first kappa shape index (κ1) is 12.3. The van der Waals surface area contributed by atoms with Crippen molar-refractivity contribution in [2.24, 2.45) is 0 Å². The maximum absolute atomic E-state index is 11.9. The van der Waals surface area contributed by atoms with Gasteiger partial charge in [-0.1, -0.05) is 0 Å². The van der Waals surface area contributed by atoms with E-state index in [4.69, 9.17) is 0 Å². The van der Waals surface area contributed by atoms with Gasteiger partial charge < -0.3 is 5.32 Å². The zero-order valence-corrected chi connectivity index (χ0v) is 10.5. The zero-order chi connectivity index (χ0) is 11.8. The summed E-state index contributed by atoms with van der Waals surface area (Å²) in [6.07, 6.45) is 0.983. The second-order valence-corrected chi connectivity index (χ2v) is 8.60. The molecule has 16 heavy (non-hydrogen) atoms. The second kappa shape index (κ2) is 4.25. The van der Waals surface area contributed by atoms with Crippen molar-refractivity contribution >= 4 is 19.9 Å². The molecule has 0 amide bonds. The first-order valence-corrected chi connectivity index (χ1v) is 8.68. The Bertz CT molecular complexity index is 450. The Morgan fingerprint density at radius 3 is 2.50 bits per heavy atom. The van der Waals surface area contributed by atoms with E-state index in [1.165, 1.54) is 0 Å². The molecule has 2 fully saturated rings. The fourth-order valence-corrected chi connectivity index (χ4v) is 6.41. The molecule has 2 rings (SSSR count). The van der Waals surface area contributed by atoms with Crippen molar-refractivity contribution in [2.45, 2.75) is 24.1 Å². The Morgan fingerprint density at radius 2 is 2.00 bits per heavy atom. The molecule has 2 heterocycles. The molecule has 0 aromatic carbocycles. The third kappa shape index (κ3) is 2.73. The summed E-state index contributed by atoms with van der Waals surface area (Å²) < 4.78 is 48.8. The van der Waals surface area contributed by atoms with Crippen LogP contribution in [-0.4, -0.2) is 52.7 Å². The molecule has 1 unspecified atom stereocenters. The zero-order valence-electron chi connectivity index (χ0n) is 8.85. The van der Waals surface area contributed by atoms with Gasteiger partial charge in [0, 0.05) is 12.6 Å². The van der Waals surface area contributed by atoms with Crippen LogP contribution in [0, 0.1) is 0 Å². The highest BCUT2D eigenvalue weighted by molar-refractivity contribution is 7.95. The quantitative estimate of drug-likeness (QED) is 0.647. The minimum absolute atomic E-state index is 0.0124. The van der Waals surface area contributed by atoms with Gasteiger partial charge in [-0.15, -0.1) is 0 Å². The molecule has 0 radical (unpaired) electrons. The van der Waals surface area contributed by atoms with Gasteiger partial charge in [-0.05, 0) is 19.4 Å². The van der Waals surface area contributed by atoms with E-state index in [9.17, 15) is 16.8 Å². The first-order valence-electron chi connectivity index (χ1n) is 5.31. The van der Waals surface area contributed by atoms with Crippen molar-refractivity contribution in [1.29, 1.82) is 0 Å². The summed E-state index contributed by atoms with van der Waals surface area (Å²) in [7, 11) is -6.63. The molecule has 0 saturated carbocycles. The van der Waals surface area contributed by atoms with Crippen molar-refractivity contribution in [3.63, 3.8) is 0 Å². The summed E-state index contributed by atoms with van der Waals surface area (Å²) in [6, 6.07) is -0.0895. The van der Waals surface area contributed by atoms with Crippen LogP contribution in [0.25, 0.3) is 0 Å². The number of hydrogen-bond donors (Lipinski definition) is 2. The van der Waals surface area contributed by atoms with Crippen LogP contribution in [0.5, 0.6) is 0 Å². The molecule has 2 aliphatic rings. The number of sulfonamides is 1. The predicted molar refractivity (Wildman–Crippen MR) is 60.4 cm³/mol. The fourth-order valence-electron chi connectivity index (χ4n) is 2.09. The summed E-state index contributed by atoms with van der Waals surface area (Å²) in [4.78, 5) is 0. The topological polar surface area (TPSA) is 92.3 Å². The number of sulfone groups is 1. The van der Waals surface area contributed by atoms with Crippen molar-refractivity contribution in [3.8, 4) is 0 Å². The van der Waals surface area contributed by atoms with Crippen LogP contribution in [-0.2, 0) is 19.9 Å². The molecule has 0 aromatic rings. The van der Waals surface area contributed by atoms with E-state index >= 15 is 0 Å². The van der Waals surface area contributed by atoms with Crippen LogP contribution in [0.15, 0.2) is 0 Å². The summed E-state index contributed by atoms with van der Waals surface area (Å²) >= 11 is 0. The first-order chi connectivity index (χ1) is 7.39. The van der Waals surface area contributed by atoms with E-state index in [-0.39, 0.29) is 24.0 Å². The van der Waals surface area contributed by atoms with Crippen LogP contribution in [0.3, 0.4) is 0 Å². The Hall–Kier alpha value is -0.180. The number of nitrogens with one attached hydrogen (secondary N) is 2. The summed E-state index contributed by atoms with van der Waals surface area (Å²) in [6.45, 7) is 1.43. The van der Waals surface area contributed by atoms with Gasteiger partial charge in [0.05, 0.1) is 16.8 Å². The molecule has 2 N–H and O–H groups in total. The predicted octanol–water partition coefficient (Wildman–Crippen LogP) is -1.55. The third-order valence-corrected chi connectivity index (χ3v) is 6.94. The lowest BCUT2D eigenvalue weighted by Gasteiger charge is -2.15. The summed E-state index contributed by atoms with van der Waals surface area (Å²) in [5.41, 5.74) is 0. The largest absolute Gasteiger partial charge is 0.315 e. The van der Waals surface area contributed by atoms with E-state index in [0.717, 1.165) is 13.0 Å². The highest BCUT2D eigenvalue weighted by Gasteiger charge is 2.38. The van der Waals surface area contributed by atoms with E-state index in [1.807, 2.05) is 0 Å². The lowest BCUT2D eigenvalue weighted by molar-refractivity contribution is 0.548. The molecule has 0 spiro atoms. The molecule has 2 saturated heterocycles. The Balaban J connectivity index is 2.02. The molecule has 2 aliphatic heterocycles. The fraction of sp³-hybridized carbons (Fsp3) is 1.00. The van der Waals surface area contributed by atoms with Crippen molar-refractivity contribution < 1.29 is 16.8 Å². The van der Waals surface area contributed by atoms with Gasteiger partial charge in [0.1, 0.15) is 0 Å². The lowest BCUT2D eigenvalue weighted by atomic mass is 10.3. The third-order valence-electron chi connectivity index (χ3n) is 3.02. The highest BCUT2D eigenvalue weighted by atomic mass is 32.2. The maximum Gasteiger partial charge on any atom is 0.215 e. The van der Waals surface area contributed by atoms with Crippen LogP contribution in [0.1, 0.15) is 12.8 Å². The number of rotatable bonds is 3. The SMILES string of the molecule is O=S1(=O)CCC(S(=O)(=O)N[C@H]2CCNC2)C1. The van der Waals surface area contributed by atoms with Gasteiger partial charge in [-0.3, -0.25) is 0 Å². The van der Waals surface area contributed by atoms with Gasteiger partial charge in [-0.2, -0.15) is 0 Å². The minimum Gasteiger partial charge on any atom is -0.315 e.